The average Bonchev–Trinajstić information content (AvgIpc) is 3.02. The smallest absolute Gasteiger partial charge is 0.0697 e. The molecule has 2 saturated carbocycles. The third-order valence-electron chi connectivity index (χ3n) is 6.10. The average molecular weight is 294 g/mol. The molecule has 1 heterocycles. The Morgan fingerprint density at radius 3 is 2.57 bits per heavy atom. The van der Waals surface area contributed by atoms with Gasteiger partial charge < -0.3 is 15.0 Å². The van der Waals surface area contributed by atoms with Gasteiger partial charge in [-0.3, -0.25) is 0 Å². The Bertz CT molecular complexity index is 303. The molecule has 122 valence electrons. The summed E-state index contributed by atoms with van der Waals surface area (Å²) in [6, 6.07) is 1.54. The first-order valence-corrected chi connectivity index (χ1v) is 9.35. The van der Waals surface area contributed by atoms with Gasteiger partial charge in [-0.15, -0.1) is 0 Å². The molecule has 2 aliphatic carbocycles. The number of hydrogen-bond donors (Lipinski definition) is 1. The van der Waals surface area contributed by atoms with E-state index in [4.69, 9.17) is 4.74 Å². The van der Waals surface area contributed by atoms with Crippen LogP contribution in [0.2, 0.25) is 0 Å². The Balaban J connectivity index is 1.38. The number of ether oxygens (including phenoxy) is 1. The summed E-state index contributed by atoms with van der Waals surface area (Å²) in [6.07, 6.45) is 14.9. The van der Waals surface area contributed by atoms with E-state index in [1.807, 2.05) is 0 Å². The van der Waals surface area contributed by atoms with Crippen LogP contribution in [0.1, 0.15) is 70.6 Å². The van der Waals surface area contributed by atoms with Crippen molar-refractivity contribution in [1.29, 1.82) is 0 Å². The minimum absolute atomic E-state index is 0.242. The number of rotatable bonds is 5. The highest BCUT2D eigenvalue weighted by atomic mass is 16.5. The molecule has 1 atom stereocenters. The van der Waals surface area contributed by atoms with Crippen LogP contribution < -0.4 is 5.32 Å². The molecule has 0 aromatic carbocycles. The molecular formula is C18H34N2O. The Labute approximate surface area is 130 Å². The molecule has 1 spiro atoms. The van der Waals surface area contributed by atoms with Crippen molar-refractivity contribution < 1.29 is 4.74 Å². The monoisotopic (exact) mass is 294 g/mol. The molecule has 3 aliphatic rings. The maximum atomic E-state index is 6.19. The number of hydrogen-bond acceptors (Lipinski definition) is 3. The molecule has 0 aromatic heterocycles. The molecule has 0 bridgehead atoms. The summed E-state index contributed by atoms with van der Waals surface area (Å²) in [5.41, 5.74) is 0.242. The molecule has 3 heteroatoms. The summed E-state index contributed by atoms with van der Waals surface area (Å²) >= 11 is 0. The van der Waals surface area contributed by atoms with E-state index in [9.17, 15) is 0 Å². The summed E-state index contributed by atoms with van der Waals surface area (Å²) in [5, 5.41) is 3.83. The van der Waals surface area contributed by atoms with Crippen molar-refractivity contribution in [2.24, 2.45) is 0 Å². The van der Waals surface area contributed by atoms with Crippen LogP contribution in [-0.2, 0) is 4.74 Å². The van der Waals surface area contributed by atoms with E-state index in [2.05, 4.69) is 17.3 Å². The van der Waals surface area contributed by atoms with Gasteiger partial charge in [0.25, 0.3) is 0 Å². The second-order valence-electron chi connectivity index (χ2n) is 7.65. The SMILES string of the molecule is CN(CCNC1CCOC2(CCCCC2)C1)C1CCCC1. The maximum absolute atomic E-state index is 6.19. The zero-order valence-corrected chi connectivity index (χ0v) is 13.9. The molecule has 0 amide bonds. The van der Waals surface area contributed by atoms with Crippen LogP contribution in [0.15, 0.2) is 0 Å². The van der Waals surface area contributed by atoms with E-state index in [0.29, 0.717) is 6.04 Å². The largest absolute Gasteiger partial charge is 0.375 e. The quantitative estimate of drug-likeness (QED) is 0.842. The number of likely N-dealkylation sites (N-methyl/N-ethyl adjacent to an activating group) is 1. The van der Waals surface area contributed by atoms with Gasteiger partial charge in [0.1, 0.15) is 0 Å². The molecule has 0 radical (unpaired) electrons. The maximum Gasteiger partial charge on any atom is 0.0697 e. The van der Waals surface area contributed by atoms with Gasteiger partial charge in [0.05, 0.1) is 5.60 Å². The van der Waals surface area contributed by atoms with Crippen LogP contribution in [0, 0.1) is 0 Å². The van der Waals surface area contributed by atoms with Gasteiger partial charge in [-0.1, -0.05) is 32.1 Å². The Kier molecular flexibility index (Phi) is 5.58. The highest BCUT2D eigenvalue weighted by Crippen LogP contribution is 2.38. The van der Waals surface area contributed by atoms with Gasteiger partial charge >= 0.3 is 0 Å². The molecule has 1 aliphatic heterocycles. The molecule has 3 fully saturated rings. The summed E-state index contributed by atoms with van der Waals surface area (Å²) in [6.45, 7) is 3.32. The fourth-order valence-electron chi connectivity index (χ4n) is 4.72. The van der Waals surface area contributed by atoms with Crippen LogP contribution >= 0.6 is 0 Å². The van der Waals surface area contributed by atoms with Crippen LogP contribution in [0.25, 0.3) is 0 Å². The lowest BCUT2D eigenvalue weighted by molar-refractivity contribution is -0.109. The van der Waals surface area contributed by atoms with Crippen molar-refractivity contribution in [3.05, 3.63) is 0 Å². The van der Waals surface area contributed by atoms with Gasteiger partial charge in [0.2, 0.25) is 0 Å². The lowest BCUT2D eigenvalue weighted by Gasteiger charge is -2.44. The van der Waals surface area contributed by atoms with Crippen molar-refractivity contribution in [2.45, 2.75) is 88.3 Å². The summed E-state index contributed by atoms with van der Waals surface area (Å²) < 4.78 is 6.19. The standard InChI is InChI=1S/C18H34N2O/c1-20(17-7-3-4-8-17)13-12-19-16-9-14-21-18(15-16)10-5-2-6-11-18/h16-17,19H,2-15H2,1H3. The molecule has 3 rings (SSSR count). The van der Waals surface area contributed by atoms with E-state index >= 15 is 0 Å². The highest BCUT2D eigenvalue weighted by molar-refractivity contribution is 4.92. The third-order valence-corrected chi connectivity index (χ3v) is 6.10. The molecular weight excluding hydrogens is 260 g/mol. The first-order valence-electron chi connectivity index (χ1n) is 9.35. The topological polar surface area (TPSA) is 24.5 Å². The third kappa shape index (κ3) is 4.20. The molecule has 1 N–H and O–H groups in total. The second kappa shape index (κ2) is 7.43. The number of nitrogens with zero attached hydrogens (tertiary/aromatic N) is 1. The molecule has 0 aromatic rings. The van der Waals surface area contributed by atoms with Gasteiger partial charge in [0.15, 0.2) is 0 Å². The van der Waals surface area contributed by atoms with Gasteiger partial charge in [-0.25, -0.2) is 0 Å². The van der Waals surface area contributed by atoms with E-state index < -0.39 is 0 Å². The van der Waals surface area contributed by atoms with Crippen LogP contribution in [0.4, 0.5) is 0 Å². The van der Waals surface area contributed by atoms with Gasteiger partial charge in [-0.05, 0) is 45.6 Å². The van der Waals surface area contributed by atoms with Crippen LogP contribution in [0.3, 0.4) is 0 Å². The van der Waals surface area contributed by atoms with Crippen molar-refractivity contribution in [3.63, 3.8) is 0 Å². The van der Waals surface area contributed by atoms with Crippen molar-refractivity contribution in [1.82, 2.24) is 10.2 Å². The van der Waals surface area contributed by atoms with Crippen LogP contribution in [0.5, 0.6) is 0 Å². The Morgan fingerprint density at radius 2 is 1.81 bits per heavy atom. The minimum Gasteiger partial charge on any atom is -0.375 e. The summed E-state index contributed by atoms with van der Waals surface area (Å²) in [7, 11) is 2.31. The lowest BCUT2D eigenvalue weighted by Crippen LogP contribution is -2.49. The van der Waals surface area contributed by atoms with Crippen molar-refractivity contribution >= 4 is 0 Å². The predicted octanol–water partition coefficient (Wildman–Crippen LogP) is 3.33. The fraction of sp³-hybridized carbons (Fsp3) is 1.00. The Hall–Kier alpha value is -0.120. The van der Waals surface area contributed by atoms with E-state index in [-0.39, 0.29) is 5.60 Å². The first kappa shape index (κ1) is 15.8. The van der Waals surface area contributed by atoms with E-state index in [1.165, 1.54) is 77.2 Å². The first-order chi connectivity index (χ1) is 10.3. The van der Waals surface area contributed by atoms with Crippen molar-refractivity contribution in [3.8, 4) is 0 Å². The summed E-state index contributed by atoms with van der Waals surface area (Å²) in [4.78, 5) is 2.58. The molecule has 3 nitrogen and oxygen atoms in total. The fourth-order valence-corrected chi connectivity index (χ4v) is 4.72. The molecule has 21 heavy (non-hydrogen) atoms. The van der Waals surface area contributed by atoms with E-state index in [0.717, 1.165) is 19.2 Å². The zero-order chi connectivity index (χ0) is 14.5. The molecule has 1 saturated heterocycles. The number of nitrogens with one attached hydrogen (secondary N) is 1. The Morgan fingerprint density at radius 1 is 1.05 bits per heavy atom. The van der Waals surface area contributed by atoms with Gasteiger partial charge in [0, 0.05) is 31.8 Å². The zero-order valence-electron chi connectivity index (χ0n) is 13.9. The van der Waals surface area contributed by atoms with Crippen molar-refractivity contribution in [2.75, 3.05) is 26.7 Å². The molecule has 1 unspecified atom stereocenters. The lowest BCUT2D eigenvalue weighted by atomic mass is 9.78. The van der Waals surface area contributed by atoms with E-state index in [1.54, 1.807) is 0 Å². The normalized spacial score (nSPS) is 30.3. The summed E-state index contributed by atoms with van der Waals surface area (Å²) in [5.74, 6) is 0. The van der Waals surface area contributed by atoms with Crippen LogP contribution in [-0.4, -0.2) is 49.3 Å². The van der Waals surface area contributed by atoms with Gasteiger partial charge in [-0.2, -0.15) is 0 Å². The minimum atomic E-state index is 0.242. The highest BCUT2D eigenvalue weighted by Gasteiger charge is 2.38. The predicted molar refractivity (Wildman–Crippen MR) is 87.7 cm³/mol. The second-order valence-corrected chi connectivity index (χ2v) is 7.65.